The molecule has 3 rings (SSSR count). The van der Waals surface area contributed by atoms with E-state index in [0.717, 1.165) is 11.1 Å². The molecule has 2 atom stereocenters. The van der Waals surface area contributed by atoms with Gasteiger partial charge in [-0.2, -0.15) is 0 Å². The molecule has 2 aromatic carbocycles. The zero-order chi connectivity index (χ0) is 22.6. The third-order valence-electron chi connectivity index (χ3n) is 5.66. The fourth-order valence-corrected chi connectivity index (χ4v) is 6.03. The number of rotatable bonds is 8. The van der Waals surface area contributed by atoms with Crippen LogP contribution in [0.2, 0.25) is 0 Å². The molecule has 0 saturated heterocycles. The van der Waals surface area contributed by atoms with E-state index in [1.807, 2.05) is 37.3 Å². The van der Waals surface area contributed by atoms with E-state index in [2.05, 4.69) is 0 Å². The molecular weight excluding hydrogens is 419 g/mol. The Bertz CT molecular complexity index is 1090. The number of hydrogen-bond acceptors (Lipinski definition) is 5. The minimum atomic E-state index is -3.50. The Morgan fingerprint density at radius 2 is 1.94 bits per heavy atom. The molecule has 1 heterocycles. The van der Waals surface area contributed by atoms with Crippen LogP contribution >= 0.6 is 0 Å². The SMILES string of the molecule is CCC1=C([C@H](O)CC/C(=C/c2ccc(O)c(F)c2)c2ccccc2)[C@H](CO)S(=O)(=O)C1. The molecule has 0 spiro atoms. The van der Waals surface area contributed by atoms with Gasteiger partial charge in [0.2, 0.25) is 0 Å². The second-order valence-electron chi connectivity index (χ2n) is 7.69. The Morgan fingerprint density at radius 3 is 2.55 bits per heavy atom. The summed E-state index contributed by atoms with van der Waals surface area (Å²) in [4.78, 5) is 0. The van der Waals surface area contributed by atoms with E-state index < -0.39 is 39.4 Å². The predicted octanol–water partition coefficient (Wildman–Crippen LogP) is 3.71. The van der Waals surface area contributed by atoms with Gasteiger partial charge in [0.1, 0.15) is 5.25 Å². The van der Waals surface area contributed by atoms with Crippen molar-refractivity contribution in [2.24, 2.45) is 0 Å². The second-order valence-corrected chi connectivity index (χ2v) is 9.88. The molecule has 2 aromatic rings. The van der Waals surface area contributed by atoms with Gasteiger partial charge >= 0.3 is 0 Å². The van der Waals surface area contributed by atoms with E-state index in [1.165, 1.54) is 12.1 Å². The number of halogens is 1. The van der Waals surface area contributed by atoms with Gasteiger partial charge in [-0.05, 0) is 53.7 Å². The lowest BCUT2D eigenvalue weighted by Gasteiger charge is -2.20. The maximum absolute atomic E-state index is 13.8. The molecule has 0 unspecified atom stereocenters. The fraction of sp³-hybridized carbons (Fsp3) is 0.333. The van der Waals surface area contributed by atoms with Crippen LogP contribution in [-0.4, -0.2) is 47.5 Å². The highest BCUT2D eigenvalue weighted by molar-refractivity contribution is 7.92. The lowest BCUT2D eigenvalue weighted by molar-refractivity contribution is 0.190. The van der Waals surface area contributed by atoms with Gasteiger partial charge in [0.15, 0.2) is 21.4 Å². The van der Waals surface area contributed by atoms with Gasteiger partial charge in [0.05, 0.1) is 18.5 Å². The Morgan fingerprint density at radius 1 is 1.23 bits per heavy atom. The average Bonchev–Trinajstić information content (AvgIpc) is 3.03. The molecule has 0 bridgehead atoms. The molecule has 0 aliphatic carbocycles. The molecule has 166 valence electrons. The molecule has 1 aliphatic rings. The number of aliphatic hydroxyl groups is 2. The quantitative estimate of drug-likeness (QED) is 0.425. The number of allylic oxidation sites excluding steroid dienone is 1. The van der Waals surface area contributed by atoms with Crippen molar-refractivity contribution in [3.8, 4) is 5.75 Å². The molecule has 0 radical (unpaired) electrons. The van der Waals surface area contributed by atoms with E-state index >= 15 is 0 Å². The first-order chi connectivity index (χ1) is 14.8. The number of sulfone groups is 1. The van der Waals surface area contributed by atoms with Crippen molar-refractivity contribution in [3.63, 3.8) is 0 Å². The summed E-state index contributed by atoms with van der Waals surface area (Å²) in [6.45, 7) is 1.29. The zero-order valence-corrected chi connectivity index (χ0v) is 18.1. The largest absolute Gasteiger partial charge is 0.505 e. The summed E-state index contributed by atoms with van der Waals surface area (Å²) in [5.41, 5.74) is 3.37. The molecule has 0 aromatic heterocycles. The van der Waals surface area contributed by atoms with Crippen molar-refractivity contribution in [3.05, 3.63) is 76.6 Å². The van der Waals surface area contributed by atoms with Crippen LogP contribution in [0.5, 0.6) is 5.75 Å². The first-order valence-electron chi connectivity index (χ1n) is 10.2. The van der Waals surface area contributed by atoms with Crippen LogP contribution in [0.3, 0.4) is 0 Å². The summed E-state index contributed by atoms with van der Waals surface area (Å²) in [6, 6.07) is 13.6. The van der Waals surface area contributed by atoms with E-state index in [9.17, 15) is 28.1 Å². The van der Waals surface area contributed by atoms with Crippen molar-refractivity contribution in [1.29, 1.82) is 0 Å². The lowest BCUT2D eigenvalue weighted by atomic mass is 9.92. The maximum atomic E-state index is 13.8. The fourth-order valence-electron chi connectivity index (χ4n) is 4.03. The van der Waals surface area contributed by atoms with Crippen LogP contribution in [0.1, 0.15) is 37.3 Å². The Hall–Kier alpha value is -2.48. The van der Waals surface area contributed by atoms with Crippen molar-refractivity contribution in [2.75, 3.05) is 12.4 Å². The molecule has 31 heavy (non-hydrogen) atoms. The van der Waals surface area contributed by atoms with E-state index in [0.29, 0.717) is 29.6 Å². The molecule has 0 saturated carbocycles. The molecular formula is C24H27FO5S. The highest BCUT2D eigenvalue weighted by Crippen LogP contribution is 2.34. The average molecular weight is 447 g/mol. The van der Waals surface area contributed by atoms with Crippen molar-refractivity contribution in [2.45, 2.75) is 37.5 Å². The third kappa shape index (κ3) is 5.23. The Kier molecular flexibility index (Phi) is 7.30. The third-order valence-corrected chi connectivity index (χ3v) is 7.68. The van der Waals surface area contributed by atoms with Crippen LogP contribution in [0.15, 0.2) is 59.7 Å². The van der Waals surface area contributed by atoms with Gasteiger partial charge in [-0.15, -0.1) is 0 Å². The van der Waals surface area contributed by atoms with Crippen LogP contribution < -0.4 is 0 Å². The number of aliphatic hydroxyl groups excluding tert-OH is 2. The maximum Gasteiger partial charge on any atom is 0.165 e. The van der Waals surface area contributed by atoms with E-state index in [4.69, 9.17) is 0 Å². The Labute approximate surface area is 182 Å². The molecule has 1 aliphatic heterocycles. The normalized spacial score (nSPS) is 19.6. The summed E-state index contributed by atoms with van der Waals surface area (Å²) in [5, 5.41) is 28.9. The van der Waals surface area contributed by atoms with Crippen LogP contribution in [0, 0.1) is 5.82 Å². The van der Waals surface area contributed by atoms with Crippen LogP contribution in [-0.2, 0) is 9.84 Å². The number of benzene rings is 2. The van der Waals surface area contributed by atoms with E-state index in [-0.39, 0.29) is 12.2 Å². The second kappa shape index (κ2) is 9.77. The van der Waals surface area contributed by atoms with Crippen LogP contribution in [0.25, 0.3) is 11.6 Å². The van der Waals surface area contributed by atoms with Gasteiger partial charge in [-0.1, -0.05) is 55.0 Å². The standard InChI is InChI=1S/C24H27FO5S/c1-2-17-15-31(29,30)23(14-26)24(17)22(28)11-9-19(18-6-4-3-5-7-18)12-16-8-10-21(27)20(25)13-16/h3-8,10,12-13,22-23,26-28H,2,9,11,14-15H2,1H3/b19-12-/t22-,23+/m1/s1. The van der Waals surface area contributed by atoms with Crippen molar-refractivity contribution >= 4 is 21.5 Å². The van der Waals surface area contributed by atoms with Crippen LogP contribution in [0.4, 0.5) is 4.39 Å². The van der Waals surface area contributed by atoms with Gasteiger partial charge in [-0.3, -0.25) is 0 Å². The number of phenolic OH excluding ortho intramolecular Hbond substituents is 1. The van der Waals surface area contributed by atoms with E-state index in [1.54, 1.807) is 12.1 Å². The summed E-state index contributed by atoms with van der Waals surface area (Å²) in [5.74, 6) is -1.28. The molecule has 3 N–H and O–H groups in total. The first kappa shape index (κ1) is 23.2. The highest BCUT2D eigenvalue weighted by atomic mass is 32.2. The van der Waals surface area contributed by atoms with Gasteiger partial charge < -0.3 is 15.3 Å². The van der Waals surface area contributed by atoms with Gasteiger partial charge in [0.25, 0.3) is 0 Å². The predicted molar refractivity (Wildman–Crippen MR) is 120 cm³/mol. The number of phenols is 1. The van der Waals surface area contributed by atoms with Gasteiger partial charge in [-0.25, -0.2) is 12.8 Å². The summed E-state index contributed by atoms with van der Waals surface area (Å²) in [7, 11) is -3.50. The monoisotopic (exact) mass is 446 g/mol. The lowest BCUT2D eigenvalue weighted by Crippen LogP contribution is -2.29. The zero-order valence-electron chi connectivity index (χ0n) is 17.3. The summed E-state index contributed by atoms with van der Waals surface area (Å²) >= 11 is 0. The molecule has 5 nitrogen and oxygen atoms in total. The smallest absolute Gasteiger partial charge is 0.165 e. The molecule has 0 fully saturated rings. The molecule has 0 amide bonds. The van der Waals surface area contributed by atoms with Gasteiger partial charge in [0, 0.05) is 0 Å². The Balaban J connectivity index is 1.89. The topological polar surface area (TPSA) is 94.8 Å². The highest BCUT2D eigenvalue weighted by Gasteiger charge is 2.40. The summed E-state index contributed by atoms with van der Waals surface area (Å²) in [6.07, 6.45) is 1.94. The first-order valence-corrected chi connectivity index (χ1v) is 11.9. The number of hydrogen-bond donors (Lipinski definition) is 3. The minimum absolute atomic E-state index is 0.130. The summed E-state index contributed by atoms with van der Waals surface area (Å²) < 4.78 is 38.5. The van der Waals surface area contributed by atoms with Crippen molar-refractivity contribution in [1.82, 2.24) is 0 Å². The minimum Gasteiger partial charge on any atom is -0.505 e. The molecule has 7 heteroatoms. The number of aromatic hydroxyl groups is 1. The van der Waals surface area contributed by atoms with Crippen molar-refractivity contribution < 1.29 is 28.1 Å².